The van der Waals surface area contributed by atoms with Gasteiger partial charge in [0.15, 0.2) is 0 Å². The van der Waals surface area contributed by atoms with Gasteiger partial charge in [-0.15, -0.1) is 0 Å². The summed E-state index contributed by atoms with van der Waals surface area (Å²) >= 11 is 0. The Balaban J connectivity index is 1.38. The molecule has 2 aromatic carbocycles. The number of benzene rings is 2. The summed E-state index contributed by atoms with van der Waals surface area (Å²) in [6, 6.07) is 19.1. The van der Waals surface area contributed by atoms with Crippen LogP contribution in [0.5, 0.6) is 5.75 Å². The van der Waals surface area contributed by atoms with Crippen molar-refractivity contribution in [2.75, 3.05) is 6.61 Å². The molecule has 0 aliphatic carbocycles. The number of carbonyl (C=O) groups is 1. The number of hydrogen-bond acceptors (Lipinski definition) is 5. The van der Waals surface area contributed by atoms with Crippen LogP contribution in [-0.4, -0.2) is 22.7 Å². The molecule has 0 radical (unpaired) electrons. The molecule has 0 aliphatic heterocycles. The van der Waals surface area contributed by atoms with E-state index in [-0.39, 0.29) is 6.42 Å². The smallest absolute Gasteiger partial charge is 0.339 e. The second-order valence-electron chi connectivity index (χ2n) is 8.45. The molecule has 0 saturated carbocycles. The summed E-state index contributed by atoms with van der Waals surface area (Å²) in [7, 11) is 0. The molecular weight excluding hydrogens is 432 g/mol. The number of nitrogens with one attached hydrogen (secondary N) is 2. The molecule has 3 N–H and O–H groups in total. The van der Waals surface area contributed by atoms with Crippen LogP contribution in [0.1, 0.15) is 28.8 Å². The molecule has 1 atom stereocenters. The fourth-order valence-corrected chi connectivity index (χ4v) is 4.01. The minimum absolute atomic E-state index is 0.179. The molecule has 0 fully saturated rings. The summed E-state index contributed by atoms with van der Waals surface area (Å²) in [5.41, 5.74) is 5.41. The lowest BCUT2D eigenvalue weighted by molar-refractivity contribution is -0.133. The number of hydroxylamine groups is 1. The van der Waals surface area contributed by atoms with Crippen molar-refractivity contribution < 1.29 is 19.2 Å². The van der Waals surface area contributed by atoms with Crippen molar-refractivity contribution in [3.63, 3.8) is 0 Å². The van der Waals surface area contributed by atoms with Crippen molar-refractivity contribution >= 4 is 16.9 Å². The number of aromatic nitrogens is 1. The highest BCUT2D eigenvalue weighted by atomic mass is 16.5. The van der Waals surface area contributed by atoms with E-state index in [1.807, 2.05) is 61.7 Å². The number of H-pyrrole nitrogens is 1. The van der Waals surface area contributed by atoms with E-state index < -0.39 is 17.5 Å². The molecule has 0 aliphatic rings. The van der Waals surface area contributed by atoms with Crippen LogP contribution in [0.4, 0.5) is 0 Å². The number of aryl methyl sites for hydroxylation is 2. The minimum atomic E-state index is -0.577. The normalized spacial score (nSPS) is 11.9. The molecule has 0 spiro atoms. The zero-order valence-corrected chi connectivity index (χ0v) is 19.0. The quantitative estimate of drug-likeness (QED) is 0.185. The van der Waals surface area contributed by atoms with Gasteiger partial charge in [0.25, 0.3) is 0 Å². The number of amides is 1. The van der Waals surface area contributed by atoms with Gasteiger partial charge < -0.3 is 14.1 Å². The summed E-state index contributed by atoms with van der Waals surface area (Å²) in [6.45, 7) is 2.54. The average Bonchev–Trinajstić information content (AvgIpc) is 3.36. The molecule has 0 bridgehead atoms. The Bertz CT molecular complexity index is 1290. The van der Waals surface area contributed by atoms with E-state index in [9.17, 15) is 14.8 Å². The summed E-state index contributed by atoms with van der Waals surface area (Å²) < 4.78 is 11.2. The van der Waals surface area contributed by atoms with Gasteiger partial charge in [-0.25, -0.2) is 10.3 Å². The van der Waals surface area contributed by atoms with Crippen LogP contribution < -0.4 is 15.8 Å². The van der Waals surface area contributed by atoms with Crippen molar-refractivity contribution in [1.82, 2.24) is 10.5 Å². The minimum Gasteiger partial charge on any atom is -0.493 e. The number of carbonyl (C=O) groups excluding carboxylic acids is 1. The maximum absolute atomic E-state index is 12.5. The van der Waals surface area contributed by atoms with E-state index in [0.29, 0.717) is 30.6 Å². The highest BCUT2D eigenvalue weighted by Crippen LogP contribution is 2.20. The standard InChI is InChI=1S/C27H28N2O5/c1-18-4-11-25-21(15-18)17-22(27(31)34-25)16-20(26(30)29-32)8-5-19-6-9-24(10-7-19)33-14-12-23-3-2-13-28-23/h2-4,6-7,9-11,13,15,17,20,28,32H,5,8,12,14,16H2,1H3,(H,29,30). The second-order valence-corrected chi connectivity index (χ2v) is 8.45. The van der Waals surface area contributed by atoms with Gasteiger partial charge in [-0.05, 0) is 74.2 Å². The lowest BCUT2D eigenvalue weighted by Crippen LogP contribution is -2.31. The topological polar surface area (TPSA) is 105 Å². The summed E-state index contributed by atoms with van der Waals surface area (Å²) in [4.78, 5) is 27.9. The van der Waals surface area contributed by atoms with Crippen LogP contribution in [0.25, 0.3) is 11.0 Å². The molecule has 34 heavy (non-hydrogen) atoms. The number of hydrogen-bond donors (Lipinski definition) is 3. The Kier molecular flexibility index (Phi) is 7.44. The average molecular weight is 461 g/mol. The number of rotatable bonds is 10. The van der Waals surface area contributed by atoms with Gasteiger partial charge in [-0.3, -0.25) is 10.0 Å². The van der Waals surface area contributed by atoms with Crippen molar-refractivity contribution in [2.45, 2.75) is 32.6 Å². The monoisotopic (exact) mass is 460 g/mol. The molecule has 7 heteroatoms. The molecule has 4 aromatic rings. The molecule has 1 unspecified atom stereocenters. The number of fused-ring (bicyclic) bond motifs is 1. The van der Waals surface area contributed by atoms with Crippen molar-refractivity contribution in [2.24, 2.45) is 5.92 Å². The Morgan fingerprint density at radius 3 is 2.68 bits per heavy atom. The van der Waals surface area contributed by atoms with E-state index in [4.69, 9.17) is 9.15 Å². The lowest BCUT2D eigenvalue weighted by atomic mass is 9.92. The van der Waals surface area contributed by atoms with Crippen molar-refractivity contribution in [1.29, 1.82) is 0 Å². The summed E-state index contributed by atoms with van der Waals surface area (Å²) in [5, 5.41) is 10.0. The fraction of sp³-hybridized carbons (Fsp3) is 0.259. The highest BCUT2D eigenvalue weighted by molar-refractivity contribution is 5.79. The van der Waals surface area contributed by atoms with Gasteiger partial charge in [-0.2, -0.15) is 0 Å². The van der Waals surface area contributed by atoms with E-state index in [1.54, 1.807) is 17.6 Å². The molecular formula is C27H28N2O5. The van der Waals surface area contributed by atoms with Gasteiger partial charge >= 0.3 is 5.63 Å². The molecule has 2 aromatic heterocycles. The van der Waals surface area contributed by atoms with Gasteiger partial charge in [0.2, 0.25) is 5.91 Å². The fourth-order valence-electron chi connectivity index (χ4n) is 4.01. The molecule has 7 nitrogen and oxygen atoms in total. The maximum atomic E-state index is 12.5. The molecule has 0 saturated heterocycles. The van der Waals surface area contributed by atoms with Crippen LogP contribution in [0.15, 0.2) is 76.1 Å². The Morgan fingerprint density at radius 1 is 1.12 bits per heavy atom. The van der Waals surface area contributed by atoms with Gasteiger partial charge in [0, 0.05) is 35.2 Å². The first-order valence-electron chi connectivity index (χ1n) is 11.3. The summed E-state index contributed by atoms with van der Waals surface area (Å²) in [5.74, 6) is -0.316. The van der Waals surface area contributed by atoms with Crippen molar-refractivity contribution in [3.8, 4) is 5.75 Å². The first-order chi connectivity index (χ1) is 16.5. The third kappa shape index (κ3) is 5.94. The molecule has 176 valence electrons. The van der Waals surface area contributed by atoms with Crippen LogP contribution in [0.3, 0.4) is 0 Å². The van der Waals surface area contributed by atoms with E-state index >= 15 is 0 Å². The van der Waals surface area contributed by atoms with Gasteiger partial charge in [0.05, 0.1) is 6.61 Å². The van der Waals surface area contributed by atoms with Crippen molar-refractivity contribution in [3.05, 3.63) is 99.7 Å². The Hall–Kier alpha value is -3.84. The first kappa shape index (κ1) is 23.3. The number of ether oxygens (including phenoxy) is 1. The first-order valence-corrected chi connectivity index (χ1v) is 11.3. The maximum Gasteiger partial charge on any atom is 0.339 e. The summed E-state index contributed by atoms with van der Waals surface area (Å²) in [6.07, 6.45) is 3.94. The van der Waals surface area contributed by atoms with Gasteiger partial charge in [0.1, 0.15) is 11.3 Å². The highest BCUT2D eigenvalue weighted by Gasteiger charge is 2.21. The SMILES string of the molecule is Cc1ccc2oc(=O)c(CC(CCc3ccc(OCCc4ccc[nH]4)cc3)C(=O)NO)cc2c1. The van der Waals surface area contributed by atoms with Crippen LogP contribution in [0, 0.1) is 12.8 Å². The second kappa shape index (κ2) is 10.9. The van der Waals surface area contributed by atoms with E-state index in [1.165, 1.54) is 0 Å². The Labute approximate surface area is 197 Å². The zero-order chi connectivity index (χ0) is 23.9. The molecule has 2 heterocycles. The predicted molar refractivity (Wildman–Crippen MR) is 129 cm³/mol. The third-order valence-electron chi connectivity index (χ3n) is 5.91. The van der Waals surface area contributed by atoms with E-state index in [0.717, 1.165) is 34.4 Å². The van der Waals surface area contributed by atoms with E-state index in [2.05, 4.69) is 4.98 Å². The number of aromatic amines is 1. The van der Waals surface area contributed by atoms with Crippen LogP contribution >= 0.6 is 0 Å². The van der Waals surface area contributed by atoms with Crippen LogP contribution in [-0.2, 0) is 24.1 Å². The molecule has 1 amide bonds. The van der Waals surface area contributed by atoms with Gasteiger partial charge in [-0.1, -0.05) is 23.8 Å². The lowest BCUT2D eigenvalue weighted by Gasteiger charge is -2.15. The van der Waals surface area contributed by atoms with Crippen LogP contribution in [0.2, 0.25) is 0 Å². The Morgan fingerprint density at radius 2 is 1.94 bits per heavy atom. The largest absolute Gasteiger partial charge is 0.493 e. The predicted octanol–water partition coefficient (Wildman–Crippen LogP) is 4.35. The third-order valence-corrected chi connectivity index (χ3v) is 5.91. The zero-order valence-electron chi connectivity index (χ0n) is 19.0. The molecule has 4 rings (SSSR count).